The summed E-state index contributed by atoms with van der Waals surface area (Å²) in [6, 6.07) is 6.11. The lowest BCUT2D eigenvalue weighted by Crippen LogP contribution is -2.59. The molecule has 0 amide bonds. The van der Waals surface area contributed by atoms with Gasteiger partial charge >= 0.3 is 0 Å². The number of ether oxygens (including phenoxy) is 1. The highest BCUT2D eigenvalue weighted by Gasteiger charge is 2.40. The van der Waals surface area contributed by atoms with Gasteiger partial charge in [0.15, 0.2) is 0 Å². The van der Waals surface area contributed by atoms with Crippen molar-refractivity contribution in [3.05, 3.63) is 48.7 Å². The van der Waals surface area contributed by atoms with Crippen LogP contribution >= 0.6 is 0 Å². The van der Waals surface area contributed by atoms with E-state index in [2.05, 4.69) is 36.9 Å². The molecule has 0 aromatic carbocycles. The molecule has 2 fully saturated rings. The van der Waals surface area contributed by atoms with E-state index in [1.54, 1.807) is 12.4 Å². The summed E-state index contributed by atoms with van der Waals surface area (Å²) in [5.41, 5.74) is 1.01. The first-order valence-electron chi connectivity index (χ1n) is 8.60. The lowest BCUT2D eigenvalue weighted by atomic mass is 9.90. The highest BCUT2D eigenvalue weighted by atomic mass is 16.5. The Hall–Kier alpha value is -2.05. The van der Waals surface area contributed by atoms with Crippen molar-refractivity contribution in [1.29, 1.82) is 0 Å². The molecule has 4 rings (SSSR count). The monoisotopic (exact) mass is 325 g/mol. The van der Waals surface area contributed by atoms with Crippen molar-refractivity contribution in [2.75, 3.05) is 37.7 Å². The Bertz CT molecular complexity index is 649. The van der Waals surface area contributed by atoms with Crippen molar-refractivity contribution in [2.45, 2.75) is 25.0 Å². The van der Waals surface area contributed by atoms with Gasteiger partial charge in [-0.3, -0.25) is 14.9 Å². The van der Waals surface area contributed by atoms with E-state index in [-0.39, 0.29) is 5.60 Å². The number of hydrogen-bond donors (Lipinski definition) is 0. The number of piperidine rings is 1. The van der Waals surface area contributed by atoms with Crippen LogP contribution in [0.3, 0.4) is 0 Å². The summed E-state index contributed by atoms with van der Waals surface area (Å²) in [5.74, 6) is 0.946. The fraction of sp³-hybridized carbons (Fsp3) is 0.500. The molecule has 1 unspecified atom stereocenters. The SMILES string of the molecule is c1ccc(CN2CCCC3(C2)CN(c2cnccn2)CCO3)nc1. The predicted molar refractivity (Wildman–Crippen MR) is 91.7 cm³/mol. The predicted octanol–water partition coefficient (Wildman–Crippen LogP) is 1.74. The first-order valence-corrected chi connectivity index (χ1v) is 8.60. The second-order valence-corrected chi connectivity index (χ2v) is 6.65. The largest absolute Gasteiger partial charge is 0.370 e. The van der Waals surface area contributed by atoms with Gasteiger partial charge in [0.2, 0.25) is 0 Å². The first-order chi connectivity index (χ1) is 11.8. The van der Waals surface area contributed by atoms with Crippen LogP contribution < -0.4 is 4.90 Å². The minimum Gasteiger partial charge on any atom is -0.370 e. The molecule has 0 aliphatic carbocycles. The number of nitrogens with zero attached hydrogens (tertiary/aromatic N) is 5. The Kier molecular flexibility index (Phi) is 4.40. The zero-order valence-electron chi connectivity index (χ0n) is 13.8. The molecule has 0 N–H and O–H groups in total. The second-order valence-electron chi connectivity index (χ2n) is 6.65. The van der Waals surface area contributed by atoms with Crippen molar-refractivity contribution < 1.29 is 4.74 Å². The van der Waals surface area contributed by atoms with Gasteiger partial charge in [-0.15, -0.1) is 0 Å². The molecular weight excluding hydrogens is 302 g/mol. The lowest BCUT2D eigenvalue weighted by molar-refractivity contribution is -0.0988. The van der Waals surface area contributed by atoms with Gasteiger partial charge < -0.3 is 9.64 Å². The van der Waals surface area contributed by atoms with Crippen LogP contribution in [0.15, 0.2) is 43.0 Å². The van der Waals surface area contributed by atoms with E-state index in [1.807, 2.05) is 18.5 Å². The van der Waals surface area contributed by atoms with Crippen LogP contribution in [-0.2, 0) is 11.3 Å². The second kappa shape index (κ2) is 6.83. The third-order valence-corrected chi connectivity index (χ3v) is 4.85. The lowest BCUT2D eigenvalue weighted by Gasteiger charge is -2.48. The molecule has 0 saturated carbocycles. The van der Waals surface area contributed by atoms with Crippen molar-refractivity contribution in [3.63, 3.8) is 0 Å². The summed E-state index contributed by atoms with van der Waals surface area (Å²) >= 11 is 0. The van der Waals surface area contributed by atoms with Crippen LogP contribution in [0.2, 0.25) is 0 Å². The number of likely N-dealkylation sites (tertiary alicyclic amines) is 1. The molecule has 2 aliphatic rings. The number of pyridine rings is 1. The van der Waals surface area contributed by atoms with Crippen LogP contribution in [0.4, 0.5) is 5.82 Å². The Morgan fingerprint density at radius 1 is 1.08 bits per heavy atom. The fourth-order valence-electron chi connectivity index (χ4n) is 3.79. The topological polar surface area (TPSA) is 54.4 Å². The molecule has 2 aromatic heterocycles. The van der Waals surface area contributed by atoms with Gasteiger partial charge in [0.1, 0.15) is 5.82 Å². The minimum atomic E-state index is -0.108. The fourth-order valence-corrected chi connectivity index (χ4v) is 3.79. The summed E-state index contributed by atoms with van der Waals surface area (Å²) in [7, 11) is 0. The van der Waals surface area contributed by atoms with Crippen LogP contribution in [-0.4, -0.2) is 58.2 Å². The van der Waals surface area contributed by atoms with Gasteiger partial charge in [-0.05, 0) is 31.5 Å². The minimum absolute atomic E-state index is 0.108. The third kappa shape index (κ3) is 3.39. The van der Waals surface area contributed by atoms with Crippen molar-refractivity contribution >= 4 is 5.82 Å². The first kappa shape index (κ1) is 15.5. The van der Waals surface area contributed by atoms with Gasteiger partial charge in [-0.1, -0.05) is 6.07 Å². The maximum Gasteiger partial charge on any atom is 0.147 e. The Labute approximate surface area is 142 Å². The van der Waals surface area contributed by atoms with E-state index in [0.717, 1.165) is 63.7 Å². The molecular formula is C18H23N5O. The van der Waals surface area contributed by atoms with Crippen LogP contribution in [0, 0.1) is 0 Å². The highest BCUT2D eigenvalue weighted by Crippen LogP contribution is 2.31. The van der Waals surface area contributed by atoms with E-state index in [0.29, 0.717) is 0 Å². The van der Waals surface area contributed by atoms with E-state index < -0.39 is 0 Å². The van der Waals surface area contributed by atoms with Crippen molar-refractivity contribution in [1.82, 2.24) is 19.9 Å². The van der Waals surface area contributed by atoms with E-state index in [4.69, 9.17) is 4.74 Å². The van der Waals surface area contributed by atoms with Gasteiger partial charge in [0.05, 0.1) is 24.1 Å². The summed E-state index contributed by atoms with van der Waals surface area (Å²) < 4.78 is 6.27. The molecule has 6 nitrogen and oxygen atoms in total. The van der Waals surface area contributed by atoms with Crippen LogP contribution in [0.5, 0.6) is 0 Å². The molecule has 0 bridgehead atoms. The standard InChI is InChI=1S/C18H23N5O/c1-2-6-20-16(4-1)13-22-9-3-5-18(14-22)15-23(10-11-24-18)17-12-19-7-8-21-17/h1-2,4,6-8,12H,3,5,9-11,13-15H2. The maximum absolute atomic E-state index is 6.27. The maximum atomic E-state index is 6.27. The van der Waals surface area contributed by atoms with Gasteiger partial charge in [0.25, 0.3) is 0 Å². The average molecular weight is 325 g/mol. The average Bonchev–Trinajstić information content (AvgIpc) is 2.63. The third-order valence-electron chi connectivity index (χ3n) is 4.85. The molecule has 1 spiro atoms. The quantitative estimate of drug-likeness (QED) is 0.857. The number of rotatable bonds is 3. The van der Waals surface area contributed by atoms with E-state index >= 15 is 0 Å². The molecule has 2 saturated heterocycles. The van der Waals surface area contributed by atoms with E-state index in [9.17, 15) is 0 Å². The number of hydrogen-bond acceptors (Lipinski definition) is 6. The van der Waals surface area contributed by atoms with Crippen molar-refractivity contribution in [2.24, 2.45) is 0 Å². The molecule has 6 heteroatoms. The van der Waals surface area contributed by atoms with Crippen LogP contribution in [0.1, 0.15) is 18.5 Å². The molecule has 24 heavy (non-hydrogen) atoms. The number of aromatic nitrogens is 3. The van der Waals surface area contributed by atoms with E-state index in [1.165, 1.54) is 0 Å². The Balaban J connectivity index is 1.45. The number of anilines is 1. The zero-order valence-corrected chi connectivity index (χ0v) is 13.8. The number of morpholine rings is 1. The summed E-state index contributed by atoms with van der Waals surface area (Å²) in [6.07, 6.45) is 9.43. The summed E-state index contributed by atoms with van der Waals surface area (Å²) in [4.78, 5) is 17.9. The molecule has 126 valence electrons. The highest BCUT2D eigenvalue weighted by molar-refractivity contribution is 5.36. The van der Waals surface area contributed by atoms with Gasteiger partial charge in [0, 0.05) is 44.8 Å². The van der Waals surface area contributed by atoms with Crippen molar-refractivity contribution in [3.8, 4) is 0 Å². The molecule has 2 aliphatic heterocycles. The van der Waals surface area contributed by atoms with Gasteiger partial charge in [-0.2, -0.15) is 0 Å². The Morgan fingerprint density at radius 3 is 2.92 bits per heavy atom. The molecule has 4 heterocycles. The summed E-state index contributed by atoms with van der Waals surface area (Å²) in [5, 5.41) is 0. The van der Waals surface area contributed by atoms with Crippen LogP contribution in [0.25, 0.3) is 0 Å². The van der Waals surface area contributed by atoms with Gasteiger partial charge in [-0.25, -0.2) is 4.98 Å². The molecule has 2 aromatic rings. The zero-order chi connectivity index (χ0) is 16.2. The molecule has 0 radical (unpaired) electrons. The smallest absolute Gasteiger partial charge is 0.147 e. The molecule has 1 atom stereocenters. The Morgan fingerprint density at radius 2 is 2.08 bits per heavy atom. The summed E-state index contributed by atoms with van der Waals surface area (Å²) in [6.45, 7) is 5.43. The normalized spacial score (nSPS) is 25.1.